The fourth-order valence-electron chi connectivity index (χ4n) is 1.66. The van der Waals surface area contributed by atoms with Crippen molar-refractivity contribution in [1.29, 1.82) is 0 Å². The van der Waals surface area contributed by atoms with E-state index in [1.54, 1.807) is 11.8 Å². The Balaban J connectivity index is 2.03. The highest BCUT2D eigenvalue weighted by Crippen LogP contribution is 2.21. The summed E-state index contributed by atoms with van der Waals surface area (Å²) in [5.74, 6) is 1.36. The molecule has 6 heteroatoms. The van der Waals surface area contributed by atoms with E-state index in [-0.39, 0.29) is 5.28 Å². The summed E-state index contributed by atoms with van der Waals surface area (Å²) in [7, 11) is 0. The van der Waals surface area contributed by atoms with Crippen LogP contribution in [0, 0.1) is 6.92 Å². The average Bonchev–Trinajstić information content (AvgIpc) is 2.42. The maximum absolute atomic E-state index is 5.92. The molecule has 4 nitrogen and oxygen atoms in total. The van der Waals surface area contributed by atoms with Crippen molar-refractivity contribution >= 4 is 29.3 Å². The second-order valence-electron chi connectivity index (χ2n) is 4.42. The number of hydrogen-bond donors (Lipinski definition) is 1. The summed E-state index contributed by atoms with van der Waals surface area (Å²) < 4.78 is 0. The van der Waals surface area contributed by atoms with Gasteiger partial charge in [-0.3, -0.25) is 0 Å². The number of benzene rings is 1. The third kappa shape index (κ3) is 4.65. The molecule has 1 heterocycles. The molecule has 0 spiro atoms. The monoisotopic (exact) mass is 308 g/mol. The number of aryl methyl sites for hydroxylation is 1. The van der Waals surface area contributed by atoms with Crippen molar-refractivity contribution in [3.8, 4) is 0 Å². The van der Waals surface area contributed by atoms with E-state index in [4.69, 9.17) is 11.6 Å². The zero-order valence-corrected chi connectivity index (χ0v) is 13.1. The first kappa shape index (κ1) is 15.1. The quantitative estimate of drug-likeness (QED) is 0.819. The Labute approximate surface area is 128 Å². The highest BCUT2D eigenvalue weighted by molar-refractivity contribution is 7.98. The smallest absolute Gasteiger partial charge is 0.228 e. The molecule has 2 aromatic rings. The second-order valence-corrected chi connectivity index (χ2v) is 5.70. The molecule has 2 rings (SSSR count). The van der Waals surface area contributed by atoms with Crippen LogP contribution < -0.4 is 5.32 Å². The van der Waals surface area contributed by atoms with Crippen molar-refractivity contribution in [2.45, 2.75) is 31.2 Å². The van der Waals surface area contributed by atoms with Gasteiger partial charge in [0.2, 0.25) is 11.2 Å². The van der Waals surface area contributed by atoms with Gasteiger partial charge in [-0.15, -0.1) is 0 Å². The number of anilines is 1. The predicted octanol–water partition coefficient (Wildman–Crippen LogP) is 3.95. The van der Waals surface area contributed by atoms with E-state index in [0.29, 0.717) is 11.1 Å². The van der Waals surface area contributed by atoms with E-state index >= 15 is 0 Å². The van der Waals surface area contributed by atoms with E-state index < -0.39 is 0 Å². The van der Waals surface area contributed by atoms with Crippen molar-refractivity contribution in [2.75, 3.05) is 11.9 Å². The van der Waals surface area contributed by atoms with Gasteiger partial charge < -0.3 is 5.32 Å². The number of nitrogens with zero attached hydrogens (tertiary/aromatic N) is 3. The molecule has 0 atom stereocenters. The molecule has 0 fully saturated rings. The standard InChI is InChI=1S/C14H17ClN4S/c1-3-7-16-13-17-12(15)18-14(19-13)20-9-11-6-4-5-10(2)8-11/h4-6,8H,3,7,9H2,1-2H3,(H,16,17,18,19). The van der Waals surface area contributed by atoms with Gasteiger partial charge in [-0.05, 0) is 30.5 Å². The molecular weight excluding hydrogens is 292 g/mol. The SMILES string of the molecule is CCCNc1nc(Cl)nc(SCc2cccc(C)c2)n1. The Morgan fingerprint density at radius 2 is 2.10 bits per heavy atom. The van der Waals surface area contributed by atoms with Gasteiger partial charge in [-0.25, -0.2) is 0 Å². The molecule has 0 saturated carbocycles. The highest BCUT2D eigenvalue weighted by Gasteiger charge is 2.05. The van der Waals surface area contributed by atoms with Crippen molar-refractivity contribution in [1.82, 2.24) is 15.0 Å². The van der Waals surface area contributed by atoms with Crippen LogP contribution in [0.3, 0.4) is 0 Å². The van der Waals surface area contributed by atoms with Gasteiger partial charge >= 0.3 is 0 Å². The second kappa shape index (κ2) is 7.45. The largest absolute Gasteiger partial charge is 0.354 e. The van der Waals surface area contributed by atoms with Crippen LogP contribution >= 0.6 is 23.4 Å². The number of rotatable bonds is 6. The molecule has 0 aliphatic rings. The Hall–Kier alpha value is -1.33. The molecule has 1 N–H and O–H groups in total. The highest BCUT2D eigenvalue weighted by atomic mass is 35.5. The van der Waals surface area contributed by atoms with Crippen LogP contribution in [0.2, 0.25) is 5.28 Å². The van der Waals surface area contributed by atoms with Crippen molar-refractivity contribution in [3.05, 3.63) is 40.7 Å². The zero-order chi connectivity index (χ0) is 14.4. The Morgan fingerprint density at radius 1 is 1.25 bits per heavy atom. The molecule has 0 bridgehead atoms. The topological polar surface area (TPSA) is 50.7 Å². The molecular formula is C14H17ClN4S. The molecule has 1 aromatic carbocycles. The van der Waals surface area contributed by atoms with E-state index in [2.05, 4.69) is 58.4 Å². The van der Waals surface area contributed by atoms with E-state index in [0.717, 1.165) is 18.7 Å². The summed E-state index contributed by atoms with van der Waals surface area (Å²) in [5.41, 5.74) is 2.50. The van der Waals surface area contributed by atoms with Crippen LogP contribution in [0.4, 0.5) is 5.95 Å². The van der Waals surface area contributed by atoms with Gasteiger partial charge in [0, 0.05) is 12.3 Å². The summed E-state index contributed by atoms with van der Waals surface area (Å²) in [4.78, 5) is 12.6. The molecule has 0 unspecified atom stereocenters. The minimum Gasteiger partial charge on any atom is -0.354 e. The van der Waals surface area contributed by atoms with Gasteiger partial charge in [0.1, 0.15) is 0 Å². The summed E-state index contributed by atoms with van der Waals surface area (Å²) in [6.07, 6.45) is 1.01. The molecule has 0 radical (unpaired) electrons. The molecule has 0 aliphatic heterocycles. The normalized spacial score (nSPS) is 10.6. The Bertz CT molecular complexity index is 577. The lowest BCUT2D eigenvalue weighted by Crippen LogP contribution is -2.06. The van der Waals surface area contributed by atoms with Gasteiger partial charge in [0.05, 0.1) is 0 Å². The number of hydrogen-bond acceptors (Lipinski definition) is 5. The fraction of sp³-hybridized carbons (Fsp3) is 0.357. The van der Waals surface area contributed by atoms with E-state index in [9.17, 15) is 0 Å². The Morgan fingerprint density at radius 3 is 2.85 bits per heavy atom. The van der Waals surface area contributed by atoms with Crippen LogP contribution in [0.1, 0.15) is 24.5 Å². The van der Waals surface area contributed by atoms with Gasteiger partial charge in [-0.2, -0.15) is 15.0 Å². The first-order chi connectivity index (χ1) is 9.67. The summed E-state index contributed by atoms with van der Waals surface area (Å²) in [6.45, 7) is 4.99. The zero-order valence-electron chi connectivity index (χ0n) is 11.6. The third-order valence-corrected chi connectivity index (χ3v) is 3.66. The molecule has 1 aromatic heterocycles. The Kier molecular flexibility index (Phi) is 5.61. The lowest BCUT2D eigenvalue weighted by molar-refractivity contribution is 0.877. The van der Waals surface area contributed by atoms with Crippen molar-refractivity contribution in [2.24, 2.45) is 0 Å². The summed E-state index contributed by atoms with van der Waals surface area (Å²) >= 11 is 7.48. The summed E-state index contributed by atoms with van der Waals surface area (Å²) in [5, 5.41) is 3.99. The molecule has 0 amide bonds. The van der Waals surface area contributed by atoms with Gasteiger partial charge in [0.15, 0.2) is 5.16 Å². The van der Waals surface area contributed by atoms with Crippen molar-refractivity contribution in [3.63, 3.8) is 0 Å². The first-order valence-electron chi connectivity index (χ1n) is 6.51. The lowest BCUT2D eigenvalue weighted by Gasteiger charge is -2.06. The van der Waals surface area contributed by atoms with Crippen LogP contribution in [0.15, 0.2) is 29.4 Å². The van der Waals surface area contributed by atoms with Crippen LogP contribution in [-0.2, 0) is 5.75 Å². The lowest BCUT2D eigenvalue weighted by atomic mass is 10.2. The number of halogens is 1. The minimum atomic E-state index is 0.227. The van der Waals surface area contributed by atoms with Crippen molar-refractivity contribution < 1.29 is 0 Å². The van der Waals surface area contributed by atoms with E-state index in [1.807, 2.05) is 0 Å². The molecule has 0 saturated heterocycles. The third-order valence-electron chi connectivity index (χ3n) is 2.57. The van der Waals surface area contributed by atoms with Crippen LogP contribution in [0.5, 0.6) is 0 Å². The number of thioether (sulfide) groups is 1. The van der Waals surface area contributed by atoms with Gasteiger partial charge in [0.25, 0.3) is 0 Å². The van der Waals surface area contributed by atoms with Gasteiger partial charge in [-0.1, -0.05) is 48.5 Å². The van der Waals surface area contributed by atoms with E-state index in [1.165, 1.54) is 11.1 Å². The maximum atomic E-state index is 5.92. The van der Waals surface area contributed by atoms with Crippen LogP contribution in [0.25, 0.3) is 0 Å². The first-order valence-corrected chi connectivity index (χ1v) is 7.87. The predicted molar refractivity (Wildman–Crippen MR) is 84.4 cm³/mol. The fourth-order valence-corrected chi connectivity index (χ4v) is 2.65. The molecule has 106 valence electrons. The average molecular weight is 309 g/mol. The molecule has 20 heavy (non-hydrogen) atoms. The minimum absolute atomic E-state index is 0.227. The van der Waals surface area contributed by atoms with Crippen LogP contribution in [-0.4, -0.2) is 21.5 Å². The number of nitrogens with one attached hydrogen (secondary N) is 1. The molecule has 0 aliphatic carbocycles. The maximum Gasteiger partial charge on any atom is 0.228 e. The number of aromatic nitrogens is 3. The summed E-state index contributed by atoms with van der Waals surface area (Å²) in [6, 6.07) is 8.39.